The zero-order valence-electron chi connectivity index (χ0n) is 9.04. The molecule has 2 heteroatoms. The molecule has 1 saturated carbocycles. The minimum Gasteiger partial charge on any atom is -0.385 e. The molecule has 0 heterocycles. The van der Waals surface area contributed by atoms with Crippen LogP contribution in [-0.4, -0.2) is 5.11 Å². The maximum Gasteiger partial charge on any atom is 0.123 e. The lowest BCUT2D eigenvalue weighted by atomic mass is 9.72. The molecule has 0 radical (unpaired) electrons. The van der Waals surface area contributed by atoms with Gasteiger partial charge in [-0.05, 0) is 36.5 Å². The van der Waals surface area contributed by atoms with Gasteiger partial charge in [0.25, 0.3) is 0 Å². The molecular weight excluding hydrogens is 191 g/mol. The van der Waals surface area contributed by atoms with E-state index in [0.717, 1.165) is 24.8 Å². The number of rotatable bonds is 1. The van der Waals surface area contributed by atoms with Crippen LogP contribution in [0.1, 0.15) is 38.2 Å². The Morgan fingerprint density at radius 1 is 1.40 bits per heavy atom. The average molecular weight is 208 g/mol. The molecule has 2 atom stereocenters. The van der Waals surface area contributed by atoms with Gasteiger partial charge >= 0.3 is 0 Å². The summed E-state index contributed by atoms with van der Waals surface area (Å²) in [5, 5.41) is 10.6. The van der Waals surface area contributed by atoms with E-state index < -0.39 is 5.60 Å². The van der Waals surface area contributed by atoms with Gasteiger partial charge in [0, 0.05) is 0 Å². The fourth-order valence-corrected chi connectivity index (χ4v) is 2.52. The number of benzene rings is 1. The third-order valence-electron chi connectivity index (χ3n) is 3.58. The zero-order chi connectivity index (χ0) is 10.9. The largest absolute Gasteiger partial charge is 0.385 e. The molecule has 1 N–H and O–H groups in total. The highest BCUT2D eigenvalue weighted by molar-refractivity contribution is 5.24. The molecule has 0 amide bonds. The second-order valence-electron chi connectivity index (χ2n) is 4.58. The fourth-order valence-electron chi connectivity index (χ4n) is 2.52. The van der Waals surface area contributed by atoms with Gasteiger partial charge in [0.15, 0.2) is 0 Å². The number of hydrogen-bond acceptors (Lipinski definition) is 1. The van der Waals surface area contributed by atoms with Crippen LogP contribution in [0, 0.1) is 11.7 Å². The van der Waals surface area contributed by atoms with Crippen molar-refractivity contribution in [3.63, 3.8) is 0 Å². The summed E-state index contributed by atoms with van der Waals surface area (Å²) in [6.07, 6.45) is 3.96. The maximum atomic E-state index is 13.1. The third-order valence-corrected chi connectivity index (χ3v) is 3.58. The predicted molar refractivity (Wildman–Crippen MR) is 57.9 cm³/mol. The van der Waals surface area contributed by atoms with Gasteiger partial charge in [0.05, 0.1) is 5.60 Å². The standard InChI is InChI=1S/C13H17FO/c1-10-5-2-3-8-13(10,15)11-6-4-7-12(14)9-11/h4,6-7,9-10,15H,2-3,5,8H2,1H3/t10-,13-/m1/s1. The van der Waals surface area contributed by atoms with Crippen molar-refractivity contribution in [2.45, 2.75) is 38.2 Å². The van der Waals surface area contributed by atoms with Crippen molar-refractivity contribution in [3.05, 3.63) is 35.6 Å². The van der Waals surface area contributed by atoms with Gasteiger partial charge in [-0.15, -0.1) is 0 Å². The van der Waals surface area contributed by atoms with Crippen LogP contribution in [0.15, 0.2) is 24.3 Å². The molecule has 82 valence electrons. The summed E-state index contributed by atoms with van der Waals surface area (Å²) in [5.74, 6) is -0.0493. The van der Waals surface area contributed by atoms with E-state index in [1.807, 2.05) is 13.0 Å². The second kappa shape index (κ2) is 3.93. The van der Waals surface area contributed by atoms with Crippen molar-refractivity contribution >= 4 is 0 Å². The van der Waals surface area contributed by atoms with E-state index >= 15 is 0 Å². The number of aliphatic hydroxyl groups is 1. The quantitative estimate of drug-likeness (QED) is 0.751. The lowest BCUT2D eigenvalue weighted by Gasteiger charge is -2.38. The molecule has 0 bridgehead atoms. The van der Waals surface area contributed by atoms with Crippen LogP contribution >= 0.6 is 0 Å². The minimum atomic E-state index is -0.819. The summed E-state index contributed by atoms with van der Waals surface area (Å²) in [6, 6.07) is 6.37. The number of hydrogen-bond donors (Lipinski definition) is 1. The normalized spacial score (nSPS) is 31.5. The molecule has 0 aliphatic heterocycles. The van der Waals surface area contributed by atoms with E-state index in [0.29, 0.717) is 0 Å². The van der Waals surface area contributed by atoms with Crippen LogP contribution in [0.2, 0.25) is 0 Å². The summed E-state index contributed by atoms with van der Waals surface area (Å²) in [6.45, 7) is 2.05. The molecule has 1 nitrogen and oxygen atoms in total. The van der Waals surface area contributed by atoms with Crippen LogP contribution < -0.4 is 0 Å². The molecule has 1 fully saturated rings. The summed E-state index contributed by atoms with van der Waals surface area (Å²) >= 11 is 0. The first kappa shape index (κ1) is 10.6. The first-order valence-corrected chi connectivity index (χ1v) is 5.61. The van der Waals surface area contributed by atoms with Crippen LogP contribution in [0.3, 0.4) is 0 Å². The molecule has 2 rings (SSSR count). The SMILES string of the molecule is C[C@@H]1CCCC[C@]1(O)c1cccc(F)c1. The molecule has 1 aromatic rings. The van der Waals surface area contributed by atoms with Crippen LogP contribution in [0.4, 0.5) is 4.39 Å². The Hall–Kier alpha value is -0.890. The summed E-state index contributed by atoms with van der Waals surface area (Å²) in [4.78, 5) is 0. The zero-order valence-corrected chi connectivity index (χ0v) is 9.04. The fraction of sp³-hybridized carbons (Fsp3) is 0.538. The van der Waals surface area contributed by atoms with Crippen molar-refractivity contribution in [1.82, 2.24) is 0 Å². The van der Waals surface area contributed by atoms with Crippen molar-refractivity contribution in [3.8, 4) is 0 Å². The van der Waals surface area contributed by atoms with E-state index in [9.17, 15) is 9.50 Å². The predicted octanol–water partition coefficient (Wildman–Crippen LogP) is 3.22. The highest BCUT2D eigenvalue weighted by Crippen LogP contribution is 2.41. The molecule has 1 aromatic carbocycles. The molecule has 0 unspecified atom stereocenters. The van der Waals surface area contributed by atoms with Crippen molar-refractivity contribution in [1.29, 1.82) is 0 Å². The Bertz CT molecular complexity index is 350. The molecule has 0 aromatic heterocycles. The van der Waals surface area contributed by atoms with E-state index in [1.54, 1.807) is 6.07 Å². The summed E-state index contributed by atoms with van der Waals surface area (Å²) in [7, 11) is 0. The van der Waals surface area contributed by atoms with Crippen molar-refractivity contribution < 1.29 is 9.50 Å². The average Bonchev–Trinajstić information content (AvgIpc) is 2.23. The maximum absolute atomic E-state index is 13.1. The van der Waals surface area contributed by atoms with Crippen LogP contribution in [-0.2, 0) is 5.60 Å². The number of halogens is 1. The van der Waals surface area contributed by atoms with Gasteiger partial charge in [-0.3, -0.25) is 0 Å². The van der Waals surface area contributed by atoms with E-state index in [2.05, 4.69) is 0 Å². The monoisotopic (exact) mass is 208 g/mol. The smallest absolute Gasteiger partial charge is 0.123 e. The lowest BCUT2D eigenvalue weighted by molar-refractivity contribution is -0.0471. The Morgan fingerprint density at radius 2 is 2.20 bits per heavy atom. The van der Waals surface area contributed by atoms with Crippen LogP contribution in [0.25, 0.3) is 0 Å². The Morgan fingerprint density at radius 3 is 2.87 bits per heavy atom. The van der Waals surface area contributed by atoms with E-state index in [4.69, 9.17) is 0 Å². The molecule has 0 saturated heterocycles. The summed E-state index contributed by atoms with van der Waals surface area (Å²) in [5.41, 5.74) is -0.0879. The molecule has 0 spiro atoms. The minimum absolute atomic E-state index is 0.216. The highest BCUT2D eigenvalue weighted by atomic mass is 19.1. The van der Waals surface area contributed by atoms with Gasteiger partial charge in [-0.1, -0.05) is 31.9 Å². The third kappa shape index (κ3) is 1.91. The van der Waals surface area contributed by atoms with Gasteiger partial charge < -0.3 is 5.11 Å². The Balaban J connectivity index is 2.34. The van der Waals surface area contributed by atoms with Gasteiger partial charge in [0.2, 0.25) is 0 Å². The molecule has 1 aliphatic carbocycles. The van der Waals surface area contributed by atoms with Crippen molar-refractivity contribution in [2.75, 3.05) is 0 Å². The first-order chi connectivity index (χ1) is 7.13. The van der Waals surface area contributed by atoms with E-state index in [1.165, 1.54) is 18.6 Å². The second-order valence-corrected chi connectivity index (χ2v) is 4.58. The molecular formula is C13H17FO. The lowest BCUT2D eigenvalue weighted by Crippen LogP contribution is -2.36. The molecule has 15 heavy (non-hydrogen) atoms. The van der Waals surface area contributed by atoms with Crippen molar-refractivity contribution in [2.24, 2.45) is 5.92 Å². The van der Waals surface area contributed by atoms with Gasteiger partial charge in [-0.25, -0.2) is 4.39 Å². The van der Waals surface area contributed by atoms with Gasteiger partial charge in [-0.2, -0.15) is 0 Å². The Labute approximate surface area is 89.9 Å². The van der Waals surface area contributed by atoms with E-state index in [-0.39, 0.29) is 11.7 Å². The Kier molecular flexibility index (Phi) is 2.79. The van der Waals surface area contributed by atoms with Crippen LogP contribution in [0.5, 0.6) is 0 Å². The highest BCUT2D eigenvalue weighted by Gasteiger charge is 2.37. The first-order valence-electron chi connectivity index (χ1n) is 5.61. The van der Waals surface area contributed by atoms with Gasteiger partial charge in [0.1, 0.15) is 5.82 Å². The molecule has 1 aliphatic rings. The topological polar surface area (TPSA) is 20.2 Å². The summed E-state index contributed by atoms with van der Waals surface area (Å²) < 4.78 is 13.1.